The van der Waals surface area contributed by atoms with E-state index in [1.807, 2.05) is 36.1 Å². The Morgan fingerprint density at radius 3 is 2.36 bits per heavy atom. The second-order valence-corrected chi connectivity index (χ2v) is 10.0. The lowest BCUT2D eigenvalue weighted by Crippen LogP contribution is -2.55. The van der Waals surface area contributed by atoms with Gasteiger partial charge in [0.2, 0.25) is 11.8 Å². The molecule has 16 heteroatoms. The quantitative estimate of drug-likeness (QED) is 0.0262. The van der Waals surface area contributed by atoms with Gasteiger partial charge in [-0.1, -0.05) is 30.9 Å². The van der Waals surface area contributed by atoms with Crippen LogP contribution in [0.1, 0.15) is 45.1 Å². The van der Waals surface area contributed by atoms with E-state index in [4.69, 9.17) is 39.4 Å². The van der Waals surface area contributed by atoms with Gasteiger partial charge in [0, 0.05) is 37.1 Å². The number of amides is 2. The molecule has 0 bridgehead atoms. The number of nitrogens with one attached hydrogen (secondary N) is 3. The van der Waals surface area contributed by atoms with Crippen molar-refractivity contribution in [2.45, 2.75) is 64.1 Å². The van der Waals surface area contributed by atoms with Crippen molar-refractivity contribution in [3.63, 3.8) is 0 Å². The second-order valence-electron chi connectivity index (χ2n) is 9.29. The maximum Gasteiger partial charge on any atom is 0.328 e. The van der Waals surface area contributed by atoms with Crippen LogP contribution in [0.5, 0.6) is 0 Å². The fourth-order valence-electron chi connectivity index (χ4n) is 4.02. The third-order valence-electron chi connectivity index (χ3n) is 6.01. The molecule has 0 heterocycles. The number of nitro groups is 1. The molecule has 1 aromatic rings. The minimum atomic E-state index is -1.06. The lowest BCUT2D eigenvalue weighted by molar-refractivity contribution is -0.525. The van der Waals surface area contributed by atoms with Crippen LogP contribution in [0, 0.1) is 10.1 Å². The summed E-state index contributed by atoms with van der Waals surface area (Å²) in [7, 11) is 0. The molecule has 3 atom stereocenters. The zero-order valence-electron chi connectivity index (χ0n) is 24.0. The van der Waals surface area contributed by atoms with E-state index >= 15 is 0 Å². The molecule has 14 nitrogen and oxygen atoms in total. The molecule has 1 aromatic carbocycles. The minimum absolute atomic E-state index is 0.0442. The third kappa shape index (κ3) is 14.0. The van der Waals surface area contributed by atoms with Gasteiger partial charge in [0.05, 0.1) is 12.6 Å². The largest absolute Gasteiger partial charge is 0.464 e. The Balaban J connectivity index is 3.01. The number of hydrogen-bond donors (Lipinski definition) is 5. The number of hydrazine groups is 1. The summed E-state index contributed by atoms with van der Waals surface area (Å²) in [6, 6.07) is 4.58. The van der Waals surface area contributed by atoms with Crippen molar-refractivity contribution >= 4 is 52.6 Å². The number of halogens is 2. The molecule has 0 aromatic heterocycles. The number of carbonyl (C=O) groups is 3. The van der Waals surface area contributed by atoms with Gasteiger partial charge in [0.25, 0.3) is 5.96 Å². The highest BCUT2D eigenvalue weighted by molar-refractivity contribution is 6.18. The second kappa shape index (κ2) is 20.5. The van der Waals surface area contributed by atoms with E-state index in [1.165, 1.54) is 0 Å². The lowest BCUT2D eigenvalue weighted by atomic mass is 10.0. The van der Waals surface area contributed by atoms with Crippen molar-refractivity contribution in [2.24, 2.45) is 16.5 Å². The molecule has 0 aliphatic carbocycles. The minimum Gasteiger partial charge on any atom is -0.464 e. The van der Waals surface area contributed by atoms with E-state index in [0.717, 1.165) is 11.3 Å². The van der Waals surface area contributed by atoms with E-state index in [0.29, 0.717) is 37.7 Å². The number of nitrogens with two attached hydrogens (primary N) is 2. The Kier molecular flexibility index (Phi) is 17.9. The molecule has 0 aliphatic rings. The molecular formula is C26H42Cl2N8O6. The average Bonchev–Trinajstić information content (AvgIpc) is 2.94. The van der Waals surface area contributed by atoms with Gasteiger partial charge in [-0.2, -0.15) is 0 Å². The lowest BCUT2D eigenvalue weighted by Gasteiger charge is -2.24. The third-order valence-corrected chi connectivity index (χ3v) is 6.35. The van der Waals surface area contributed by atoms with Gasteiger partial charge in [-0.25, -0.2) is 19.9 Å². The smallest absolute Gasteiger partial charge is 0.328 e. The van der Waals surface area contributed by atoms with Crippen molar-refractivity contribution in [3.8, 4) is 0 Å². The number of anilines is 1. The van der Waals surface area contributed by atoms with Crippen LogP contribution < -0.4 is 32.4 Å². The first-order valence-corrected chi connectivity index (χ1v) is 14.8. The number of rotatable bonds is 20. The number of alkyl halides is 2. The molecule has 0 radical (unpaired) electrons. The summed E-state index contributed by atoms with van der Waals surface area (Å²) in [5, 5.41) is 15.0. The number of guanidine groups is 1. The Labute approximate surface area is 256 Å². The Bertz CT molecular complexity index is 1040. The van der Waals surface area contributed by atoms with Crippen LogP contribution in [-0.4, -0.2) is 84.9 Å². The summed E-state index contributed by atoms with van der Waals surface area (Å²) in [5.41, 5.74) is 15.1. The van der Waals surface area contributed by atoms with Crippen LogP contribution >= 0.6 is 23.2 Å². The first-order chi connectivity index (χ1) is 20.1. The molecule has 2 amide bonds. The highest BCUT2D eigenvalue weighted by Crippen LogP contribution is 2.18. The molecule has 236 valence electrons. The molecule has 1 rings (SSSR count). The molecule has 0 saturated heterocycles. The first-order valence-electron chi connectivity index (χ1n) is 13.8. The summed E-state index contributed by atoms with van der Waals surface area (Å²) in [5.74, 6) is -1.29. The number of ether oxygens (including phenoxy) is 1. The summed E-state index contributed by atoms with van der Waals surface area (Å²) < 4.78 is 5.06. The van der Waals surface area contributed by atoms with E-state index in [-0.39, 0.29) is 32.4 Å². The van der Waals surface area contributed by atoms with Crippen LogP contribution in [-0.2, 0) is 25.5 Å². The zero-order valence-corrected chi connectivity index (χ0v) is 25.5. The number of hydrogen-bond acceptors (Lipinski definition) is 9. The molecule has 7 N–H and O–H groups in total. The Morgan fingerprint density at radius 2 is 1.76 bits per heavy atom. The highest BCUT2D eigenvalue weighted by atomic mass is 35.5. The summed E-state index contributed by atoms with van der Waals surface area (Å²) in [6.45, 7) is 4.92. The average molecular weight is 634 g/mol. The molecule has 0 spiro atoms. The van der Waals surface area contributed by atoms with E-state index < -0.39 is 46.9 Å². The molecular weight excluding hydrogens is 591 g/mol. The van der Waals surface area contributed by atoms with E-state index in [1.54, 1.807) is 12.3 Å². The summed E-state index contributed by atoms with van der Waals surface area (Å²) in [6.07, 6.45) is 1.49. The van der Waals surface area contributed by atoms with Gasteiger partial charge in [-0.15, -0.1) is 23.2 Å². The van der Waals surface area contributed by atoms with Gasteiger partial charge < -0.3 is 31.7 Å². The zero-order chi connectivity index (χ0) is 31.5. The number of carbonyl (C=O) groups excluding carboxylic acids is 3. The fraction of sp³-hybridized carbons (Fsp3) is 0.615. The standard InChI is InChI=1S/C26H42Cl2N8O6/c1-3-7-22(25(39)42-4-2)33-24(38)21(10-6-13-31-26(30)34-36(40)41)32-23(37)20(29)17-18-8-5-9-19(16-18)35(14-11-27)15-12-28/h5,8-9,16,20-22H,3-4,6-7,10-15,17,29H2,1-2H3,(H,32,37)(H,33,38)(H3,30,31,34)/t20-,21-,22-/m0/s1. The fourth-order valence-corrected chi connectivity index (χ4v) is 4.43. The monoisotopic (exact) mass is 632 g/mol. The summed E-state index contributed by atoms with van der Waals surface area (Å²) in [4.78, 5) is 55.0. The van der Waals surface area contributed by atoms with Gasteiger partial charge in [-0.05, 0) is 50.3 Å². The van der Waals surface area contributed by atoms with Crippen LogP contribution in [0.3, 0.4) is 0 Å². The predicted octanol–water partition coefficient (Wildman–Crippen LogP) is 1.05. The number of esters is 1. The van der Waals surface area contributed by atoms with Crippen molar-refractivity contribution < 1.29 is 24.2 Å². The molecule has 42 heavy (non-hydrogen) atoms. The van der Waals surface area contributed by atoms with Crippen molar-refractivity contribution in [2.75, 3.05) is 42.9 Å². The van der Waals surface area contributed by atoms with Gasteiger partial charge in [-0.3, -0.25) is 9.59 Å². The highest BCUT2D eigenvalue weighted by Gasteiger charge is 2.28. The van der Waals surface area contributed by atoms with Gasteiger partial charge in [0.1, 0.15) is 12.1 Å². The van der Waals surface area contributed by atoms with Crippen molar-refractivity contribution in [3.05, 3.63) is 39.9 Å². The number of nitrogens with zero attached hydrogens (tertiary/aromatic N) is 3. The normalized spacial score (nSPS) is 13.4. The van der Waals surface area contributed by atoms with Crippen LogP contribution in [0.2, 0.25) is 0 Å². The SMILES string of the molecule is CCC[C@H](NC(=O)[C@H](CCCN=C(N)N[N+](=O)[O-])NC(=O)[C@@H](N)Cc1cccc(N(CCCl)CCCl)c1)C(=O)OCC. The summed E-state index contributed by atoms with van der Waals surface area (Å²) >= 11 is 11.8. The van der Waals surface area contributed by atoms with Crippen molar-refractivity contribution in [1.82, 2.24) is 16.1 Å². The van der Waals surface area contributed by atoms with Gasteiger partial charge >= 0.3 is 5.97 Å². The van der Waals surface area contributed by atoms with E-state index in [2.05, 4.69) is 15.6 Å². The van der Waals surface area contributed by atoms with Crippen molar-refractivity contribution in [1.29, 1.82) is 0 Å². The maximum atomic E-state index is 13.2. The maximum absolute atomic E-state index is 13.2. The Morgan fingerprint density at radius 1 is 1.10 bits per heavy atom. The van der Waals surface area contributed by atoms with Crippen LogP contribution in [0.4, 0.5) is 5.69 Å². The molecule has 0 unspecified atom stereocenters. The van der Waals surface area contributed by atoms with E-state index in [9.17, 15) is 24.5 Å². The first kappa shape index (κ1) is 36.7. The van der Waals surface area contributed by atoms with Crippen LogP contribution in [0.15, 0.2) is 29.3 Å². The molecule has 0 aliphatic heterocycles. The Hall–Kier alpha value is -3.36. The number of benzene rings is 1. The van der Waals surface area contributed by atoms with Crippen LogP contribution in [0.25, 0.3) is 0 Å². The number of aliphatic imine (C=N–C) groups is 1. The van der Waals surface area contributed by atoms with Gasteiger partial charge in [0.15, 0.2) is 5.03 Å². The topological polar surface area (TPSA) is 207 Å². The molecule has 0 fully saturated rings. The molecule has 0 saturated carbocycles. The predicted molar refractivity (Wildman–Crippen MR) is 163 cm³/mol.